The van der Waals surface area contributed by atoms with E-state index in [1.807, 2.05) is 11.3 Å². The highest BCUT2D eigenvalue weighted by Crippen LogP contribution is 2.22. The monoisotopic (exact) mass is 302 g/mol. The first kappa shape index (κ1) is 16.1. The molecule has 0 saturated carbocycles. The standard InChI is InChI=1S/C18H26N2S/c1-5-19-15(3)16-8-10-17(11-9-16)20(4)14(2)13-18-7-6-12-21-18/h6-12,14-15,19H,5,13H2,1-4H3. The Morgan fingerprint density at radius 2 is 1.86 bits per heavy atom. The quantitative estimate of drug-likeness (QED) is 0.811. The first-order valence-electron chi connectivity index (χ1n) is 7.70. The minimum atomic E-state index is 0.415. The lowest BCUT2D eigenvalue weighted by Gasteiger charge is -2.27. The van der Waals surface area contributed by atoms with Crippen LogP contribution in [0.2, 0.25) is 0 Å². The highest BCUT2D eigenvalue weighted by atomic mass is 32.1. The number of hydrogen-bond acceptors (Lipinski definition) is 3. The summed E-state index contributed by atoms with van der Waals surface area (Å²) in [5, 5.41) is 5.60. The molecule has 1 N–H and O–H groups in total. The van der Waals surface area contributed by atoms with Gasteiger partial charge in [0, 0.05) is 36.1 Å². The molecule has 114 valence electrons. The van der Waals surface area contributed by atoms with Gasteiger partial charge in [0.25, 0.3) is 0 Å². The molecule has 0 saturated heterocycles. The van der Waals surface area contributed by atoms with E-state index in [0.29, 0.717) is 12.1 Å². The van der Waals surface area contributed by atoms with E-state index in [-0.39, 0.29) is 0 Å². The first-order chi connectivity index (χ1) is 10.1. The molecule has 1 aromatic carbocycles. The predicted molar refractivity (Wildman–Crippen MR) is 94.4 cm³/mol. The highest BCUT2D eigenvalue weighted by molar-refractivity contribution is 7.09. The number of hydrogen-bond donors (Lipinski definition) is 1. The average Bonchev–Trinajstić information content (AvgIpc) is 3.00. The zero-order valence-corrected chi connectivity index (χ0v) is 14.3. The summed E-state index contributed by atoms with van der Waals surface area (Å²) < 4.78 is 0. The van der Waals surface area contributed by atoms with Gasteiger partial charge in [0.15, 0.2) is 0 Å². The Hall–Kier alpha value is -1.32. The van der Waals surface area contributed by atoms with Crippen LogP contribution < -0.4 is 10.2 Å². The summed E-state index contributed by atoms with van der Waals surface area (Å²) in [6, 6.07) is 14.2. The third-order valence-electron chi connectivity index (χ3n) is 4.05. The molecule has 1 aromatic heterocycles. The third kappa shape index (κ3) is 4.32. The van der Waals surface area contributed by atoms with Gasteiger partial charge < -0.3 is 10.2 Å². The van der Waals surface area contributed by atoms with Crippen LogP contribution in [0.1, 0.15) is 37.3 Å². The van der Waals surface area contributed by atoms with Crippen LogP contribution in [0.15, 0.2) is 41.8 Å². The summed E-state index contributed by atoms with van der Waals surface area (Å²) in [5.41, 5.74) is 2.63. The molecule has 0 bridgehead atoms. The summed E-state index contributed by atoms with van der Waals surface area (Å²) in [4.78, 5) is 3.81. The van der Waals surface area contributed by atoms with Gasteiger partial charge >= 0.3 is 0 Å². The smallest absolute Gasteiger partial charge is 0.0366 e. The lowest BCUT2D eigenvalue weighted by atomic mass is 10.1. The van der Waals surface area contributed by atoms with Crippen LogP contribution in [0.5, 0.6) is 0 Å². The van der Waals surface area contributed by atoms with E-state index in [1.54, 1.807) is 0 Å². The van der Waals surface area contributed by atoms with Crippen molar-refractivity contribution in [2.75, 3.05) is 18.5 Å². The molecule has 2 aromatic rings. The average molecular weight is 302 g/mol. The van der Waals surface area contributed by atoms with Gasteiger partial charge in [-0.1, -0.05) is 25.1 Å². The number of nitrogens with zero attached hydrogens (tertiary/aromatic N) is 1. The van der Waals surface area contributed by atoms with Crippen LogP contribution in [-0.2, 0) is 6.42 Å². The topological polar surface area (TPSA) is 15.3 Å². The second kappa shape index (κ2) is 7.62. The van der Waals surface area contributed by atoms with Gasteiger partial charge in [-0.3, -0.25) is 0 Å². The van der Waals surface area contributed by atoms with E-state index >= 15 is 0 Å². The molecule has 0 aliphatic carbocycles. The molecule has 2 rings (SSSR count). The van der Waals surface area contributed by atoms with E-state index in [2.05, 4.69) is 79.8 Å². The summed E-state index contributed by atoms with van der Waals surface area (Å²) in [6.07, 6.45) is 1.10. The maximum Gasteiger partial charge on any atom is 0.0366 e. The SMILES string of the molecule is CCNC(C)c1ccc(N(C)C(C)Cc2cccs2)cc1. The Balaban J connectivity index is 2.00. The van der Waals surface area contributed by atoms with Crippen LogP contribution in [0.25, 0.3) is 0 Å². The van der Waals surface area contributed by atoms with E-state index in [9.17, 15) is 0 Å². The number of thiophene rings is 1. The Labute approximate surface area is 132 Å². The van der Waals surface area contributed by atoms with Crippen molar-refractivity contribution in [2.24, 2.45) is 0 Å². The molecule has 3 heteroatoms. The molecule has 0 spiro atoms. The van der Waals surface area contributed by atoms with Crippen molar-refractivity contribution in [3.05, 3.63) is 52.2 Å². The molecule has 21 heavy (non-hydrogen) atoms. The molecular weight excluding hydrogens is 276 g/mol. The van der Waals surface area contributed by atoms with Crippen molar-refractivity contribution in [1.29, 1.82) is 0 Å². The van der Waals surface area contributed by atoms with E-state index < -0.39 is 0 Å². The Morgan fingerprint density at radius 1 is 1.14 bits per heavy atom. The summed E-state index contributed by atoms with van der Waals surface area (Å²) >= 11 is 1.84. The van der Waals surface area contributed by atoms with Gasteiger partial charge in [-0.15, -0.1) is 11.3 Å². The Bertz CT molecular complexity index is 519. The van der Waals surface area contributed by atoms with Gasteiger partial charge in [-0.25, -0.2) is 0 Å². The predicted octanol–water partition coefficient (Wildman–Crippen LogP) is 4.49. The van der Waals surface area contributed by atoms with Gasteiger partial charge in [0.05, 0.1) is 0 Å². The second-order valence-electron chi connectivity index (χ2n) is 5.61. The van der Waals surface area contributed by atoms with Crippen LogP contribution >= 0.6 is 11.3 Å². The van der Waals surface area contributed by atoms with Gasteiger partial charge in [-0.05, 0) is 49.5 Å². The first-order valence-corrected chi connectivity index (χ1v) is 8.58. The molecule has 2 nitrogen and oxygen atoms in total. The molecule has 0 fully saturated rings. The minimum Gasteiger partial charge on any atom is -0.372 e. The van der Waals surface area contributed by atoms with Crippen LogP contribution in [0.4, 0.5) is 5.69 Å². The van der Waals surface area contributed by atoms with Crippen LogP contribution in [0, 0.1) is 0 Å². The number of nitrogens with one attached hydrogen (secondary N) is 1. The summed E-state index contributed by atoms with van der Waals surface area (Å²) in [7, 11) is 2.18. The largest absolute Gasteiger partial charge is 0.372 e. The number of anilines is 1. The Morgan fingerprint density at radius 3 is 2.43 bits per heavy atom. The van der Waals surface area contributed by atoms with E-state index in [0.717, 1.165) is 13.0 Å². The maximum absolute atomic E-state index is 3.45. The van der Waals surface area contributed by atoms with Crippen LogP contribution in [-0.4, -0.2) is 19.6 Å². The van der Waals surface area contributed by atoms with E-state index in [1.165, 1.54) is 16.1 Å². The molecule has 0 amide bonds. The van der Waals surface area contributed by atoms with Gasteiger partial charge in [-0.2, -0.15) is 0 Å². The molecule has 2 unspecified atom stereocenters. The normalized spacial score (nSPS) is 13.9. The van der Waals surface area contributed by atoms with Crippen molar-refractivity contribution in [2.45, 2.75) is 39.3 Å². The van der Waals surface area contributed by atoms with Crippen molar-refractivity contribution < 1.29 is 0 Å². The number of rotatable bonds is 7. The molecule has 0 aliphatic heterocycles. The lowest BCUT2D eigenvalue weighted by Crippen LogP contribution is -2.30. The van der Waals surface area contributed by atoms with Crippen molar-refractivity contribution in [1.82, 2.24) is 5.32 Å². The van der Waals surface area contributed by atoms with Crippen molar-refractivity contribution >= 4 is 17.0 Å². The fourth-order valence-corrected chi connectivity index (χ4v) is 3.36. The number of benzene rings is 1. The summed E-state index contributed by atoms with van der Waals surface area (Å²) in [5.74, 6) is 0. The van der Waals surface area contributed by atoms with E-state index in [4.69, 9.17) is 0 Å². The molecule has 0 radical (unpaired) electrons. The lowest BCUT2D eigenvalue weighted by molar-refractivity contribution is 0.598. The van der Waals surface area contributed by atoms with Crippen molar-refractivity contribution in [3.8, 4) is 0 Å². The Kier molecular flexibility index (Phi) is 5.83. The molecular formula is C18H26N2S. The zero-order chi connectivity index (χ0) is 15.2. The van der Waals surface area contributed by atoms with Gasteiger partial charge in [0.2, 0.25) is 0 Å². The molecule has 1 heterocycles. The minimum absolute atomic E-state index is 0.415. The third-order valence-corrected chi connectivity index (χ3v) is 4.95. The highest BCUT2D eigenvalue weighted by Gasteiger charge is 2.12. The summed E-state index contributed by atoms with van der Waals surface area (Å²) in [6.45, 7) is 7.64. The fraction of sp³-hybridized carbons (Fsp3) is 0.444. The maximum atomic E-state index is 3.45. The zero-order valence-electron chi connectivity index (χ0n) is 13.5. The molecule has 0 aliphatic rings. The van der Waals surface area contributed by atoms with Gasteiger partial charge in [0.1, 0.15) is 0 Å². The second-order valence-corrected chi connectivity index (χ2v) is 6.65. The fourth-order valence-electron chi connectivity index (χ4n) is 2.53. The number of likely N-dealkylation sites (N-methyl/N-ethyl adjacent to an activating group) is 1. The van der Waals surface area contributed by atoms with Crippen LogP contribution in [0.3, 0.4) is 0 Å². The van der Waals surface area contributed by atoms with Crippen molar-refractivity contribution in [3.63, 3.8) is 0 Å². The molecule has 2 atom stereocenters.